The number of methoxy groups -OCH3 is 1. The van der Waals surface area contributed by atoms with E-state index in [4.69, 9.17) is 24.0 Å². The van der Waals surface area contributed by atoms with Gasteiger partial charge in [-0.1, -0.05) is 0 Å². The van der Waals surface area contributed by atoms with Crippen LogP contribution in [0.2, 0.25) is 0 Å². The van der Waals surface area contributed by atoms with Gasteiger partial charge in [-0.25, -0.2) is 4.57 Å². The summed E-state index contributed by atoms with van der Waals surface area (Å²) < 4.78 is 31.6. The first-order chi connectivity index (χ1) is 12.9. The maximum absolute atomic E-state index is 10.9. The largest absolute Gasteiger partial charge is 1.00 e. The summed E-state index contributed by atoms with van der Waals surface area (Å²) in [6.45, 7) is 0.113. The Hall–Kier alpha value is -2.07. The van der Waals surface area contributed by atoms with Crippen LogP contribution in [-0.2, 0) is 4.57 Å². The molecule has 0 saturated heterocycles. The van der Waals surface area contributed by atoms with Crippen molar-refractivity contribution in [1.29, 1.82) is 0 Å². The van der Waals surface area contributed by atoms with Gasteiger partial charge >= 0.3 is 37.4 Å². The van der Waals surface area contributed by atoms with Crippen LogP contribution in [0.5, 0.6) is 23.0 Å². The Morgan fingerprint density at radius 1 is 1.11 bits per heavy atom. The van der Waals surface area contributed by atoms with Gasteiger partial charge in [0.1, 0.15) is 17.1 Å². The zero-order valence-electron chi connectivity index (χ0n) is 15.9. The summed E-state index contributed by atoms with van der Waals surface area (Å²) >= 11 is 0. The van der Waals surface area contributed by atoms with Gasteiger partial charge in [-0.15, -0.1) is 0 Å². The number of hydrogen-bond acceptors (Lipinski definition) is 7. The molecule has 4 rings (SSSR count). The van der Waals surface area contributed by atoms with Crippen LogP contribution in [0.1, 0.15) is 1.43 Å². The number of nitrogens with zero attached hydrogens (tertiary/aromatic N) is 2. The Morgan fingerprint density at radius 2 is 1.79 bits per heavy atom. The van der Waals surface area contributed by atoms with Crippen molar-refractivity contribution in [2.45, 2.75) is 0 Å². The van der Waals surface area contributed by atoms with Gasteiger partial charge in [-0.05, 0) is 36.4 Å². The summed E-state index contributed by atoms with van der Waals surface area (Å²) in [5, 5.41) is 11.0. The minimum absolute atomic E-state index is 0. The molecule has 0 radical (unpaired) electrons. The molecule has 12 heteroatoms. The summed E-state index contributed by atoms with van der Waals surface area (Å²) in [6, 6.07) is 9.66. The molecule has 28 heavy (non-hydrogen) atoms. The molecule has 0 unspecified atom stereocenters. The van der Waals surface area contributed by atoms with Crippen LogP contribution in [0.15, 0.2) is 36.4 Å². The van der Waals surface area contributed by atoms with Gasteiger partial charge in [-0.2, -0.15) is 15.4 Å². The molecule has 0 bridgehead atoms. The fourth-order valence-corrected chi connectivity index (χ4v) is 3.11. The van der Waals surface area contributed by atoms with E-state index in [0.717, 1.165) is 0 Å². The van der Waals surface area contributed by atoms with Crippen LogP contribution in [0, 0.1) is 0 Å². The molecule has 1 aromatic heterocycles. The minimum Gasteiger partial charge on any atom is -1.00 e. The molecule has 2 aromatic carbocycles. The Bertz CT molecular complexity index is 1040. The van der Waals surface area contributed by atoms with Crippen molar-refractivity contribution in [3.05, 3.63) is 36.4 Å². The number of ether oxygens (including phenoxy) is 3. The number of H-pyrrole nitrogens is 1. The molecule has 1 aliphatic heterocycles. The summed E-state index contributed by atoms with van der Waals surface area (Å²) in [4.78, 5) is 17.7. The Kier molecular flexibility index (Phi) is 5.99. The van der Waals surface area contributed by atoms with Crippen molar-refractivity contribution in [2.75, 3.05) is 13.9 Å². The molecule has 3 aromatic rings. The third-order valence-corrected chi connectivity index (χ3v) is 4.28. The average molecular weight is 415 g/mol. The fourth-order valence-electron chi connectivity index (χ4n) is 2.71. The molecule has 3 N–H and O–H groups in total. The van der Waals surface area contributed by atoms with Crippen LogP contribution in [0.25, 0.3) is 22.5 Å². The SMILES string of the molecule is COc1cc(-c2n[nH]nc2-c2ccc(OP(=O)(O)O)cc2)cc2c1OCO2.[H-].[Na+]. The van der Waals surface area contributed by atoms with E-state index in [1.54, 1.807) is 24.3 Å². The molecule has 142 valence electrons. The van der Waals surface area contributed by atoms with Gasteiger partial charge in [0.15, 0.2) is 11.5 Å². The first-order valence-electron chi connectivity index (χ1n) is 7.69. The maximum Gasteiger partial charge on any atom is 1.00 e. The normalized spacial score (nSPS) is 12.4. The van der Waals surface area contributed by atoms with Crippen LogP contribution in [-0.4, -0.2) is 39.1 Å². The molecule has 0 saturated carbocycles. The molecule has 0 fully saturated rings. The number of aromatic nitrogens is 3. The molecule has 2 heterocycles. The molecule has 0 aliphatic carbocycles. The molecule has 0 atom stereocenters. The molecular formula is C16H15N3NaO7P. The zero-order valence-corrected chi connectivity index (χ0v) is 17.8. The van der Waals surface area contributed by atoms with E-state index in [9.17, 15) is 4.57 Å². The standard InChI is InChI=1S/C16H14N3O7P.Na.H/c1-23-12-6-10(7-13-16(12)25-8-24-13)15-14(17-19-18-15)9-2-4-11(5-3-9)26-27(20,21)22;;/h2-7H,8H2,1H3,(H,17,18,19)(H2,20,21,22);;/q;+1;-1. The second kappa shape index (κ2) is 8.12. The number of hydrogen-bond donors (Lipinski definition) is 3. The molecule has 10 nitrogen and oxygen atoms in total. The third kappa shape index (κ3) is 4.17. The molecular weight excluding hydrogens is 400 g/mol. The number of phosphoric acid groups is 1. The van der Waals surface area contributed by atoms with Crippen LogP contribution in [0.4, 0.5) is 0 Å². The second-order valence-electron chi connectivity index (χ2n) is 5.54. The topological polar surface area (TPSA) is 136 Å². The Balaban J connectivity index is 0.00000150. The first kappa shape index (κ1) is 20.7. The first-order valence-corrected chi connectivity index (χ1v) is 9.22. The van der Waals surface area contributed by atoms with E-state index in [0.29, 0.717) is 39.8 Å². The average Bonchev–Trinajstić information content (AvgIpc) is 3.29. The molecule has 0 spiro atoms. The maximum atomic E-state index is 10.9. The summed E-state index contributed by atoms with van der Waals surface area (Å²) in [5.74, 6) is 1.63. The monoisotopic (exact) mass is 415 g/mol. The number of phosphoric ester groups is 1. The van der Waals surface area contributed by atoms with Crippen molar-refractivity contribution in [3.63, 3.8) is 0 Å². The van der Waals surface area contributed by atoms with E-state index in [1.165, 1.54) is 19.2 Å². The van der Waals surface area contributed by atoms with E-state index in [2.05, 4.69) is 19.9 Å². The summed E-state index contributed by atoms with van der Waals surface area (Å²) in [7, 11) is -3.08. The van der Waals surface area contributed by atoms with Crippen molar-refractivity contribution in [2.24, 2.45) is 0 Å². The minimum atomic E-state index is -4.61. The Labute approximate surface area is 182 Å². The smallest absolute Gasteiger partial charge is 1.00 e. The summed E-state index contributed by atoms with van der Waals surface area (Å²) in [5.41, 5.74) is 2.47. The number of aromatic amines is 1. The number of benzene rings is 2. The Morgan fingerprint density at radius 3 is 2.43 bits per heavy atom. The predicted octanol–water partition coefficient (Wildman–Crippen LogP) is -0.536. The van der Waals surface area contributed by atoms with E-state index in [-0.39, 0.29) is 43.5 Å². The van der Waals surface area contributed by atoms with E-state index < -0.39 is 7.82 Å². The van der Waals surface area contributed by atoms with E-state index >= 15 is 0 Å². The van der Waals surface area contributed by atoms with Crippen LogP contribution < -0.4 is 48.3 Å². The van der Waals surface area contributed by atoms with Crippen molar-refractivity contribution in [1.82, 2.24) is 15.4 Å². The quantitative estimate of drug-likeness (QED) is 0.371. The van der Waals surface area contributed by atoms with Crippen molar-refractivity contribution < 1.29 is 64.1 Å². The number of nitrogens with one attached hydrogen (secondary N) is 1. The molecule has 0 amide bonds. The van der Waals surface area contributed by atoms with Gasteiger partial charge in [0.25, 0.3) is 0 Å². The molecule has 1 aliphatic rings. The fraction of sp³-hybridized carbons (Fsp3) is 0.125. The van der Waals surface area contributed by atoms with Crippen molar-refractivity contribution >= 4 is 7.82 Å². The number of rotatable bonds is 5. The predicted molar refractivity (Wildman–Crippen MR) is 93.7 cm³/mol. The van der Waals surface area contributed by atoms with Crippen LogP contribution >= 0.6 is 7.82 Å². The van der Waals surface area contributed by atoms with Gasteiger partial charge in [0, 0.05) is 11.1 Å². The van der Waals surface area contributed by atoms with Gasteiger partial charge in [0.05, 0.1) is 7.11 Å². The van der Waals surface area contributed by atoms with Crippen molar-refractivity contribution in [3.8, 4) is 45.5 Å². The zero-order chi connectivity index (χ0) is 19.0. The van der Waals surface area contributed by atoms with E-state index in [1.807, 2.05) is 0 Å². The summed E-state index contributed by atoms with van der Waals surface area (Å²) in [6.07, 6.45) is 0. The van der Waals surface area contributed by atoms with Gasteiger partial charge in [0.2, 0.25) is 12.5 Å². The second-order valence-corrected chi connectivity index (χ2v) is 6.70. The number of fused-ring (bicyclic) bond motifs is 1. The van der Waals surface area contributed by atoms with Crippen LogP contribution in [0.3, 0.4) is 0 Å². The van der Waals surface area contributed by atoms with Gasteiger partial charge < -0.3 is 20.2 Å². The van der Waals surface area contributed by atoms with Gasteiger partial charge in [-0.3, -0.25) is 9.79 Å². The third-order valence-electron chi connectivity index (χ3n) is 3.83.